The van der Waals surface area contributed by atoms with Crippen LogP contribution in [0, 0.1) is 0 Å². The number of methoxy groups -OCH3 is 1. The van der Waals surface area contributed by atoms with Crippen LogP contribution in [-0.2, 0) is 16.1 Å². The molecular formula is C11H13BrN2O3. The van der Waals surface area contributed by atoms with Crippen molar-refractivity contribution in [3.05, 3.63) is 33.8 Å². The lowest BCUT2D eigenvalue weighted by atomic mass is 10.1. The maximum absolute atomic E-state index is 11.6. The number of carbonyl (C=O) groups is 2. The Morgan fingerprint density at radius 1 is 1.35 bits per heavy atom. The lowest BCUT2D eigenvalue weighted by molar-refractivity contribution is -0.119. The minimum absolute atomic E-state index is 0.326. The molecule has 6 heteroatoms. The Morgan fingerprint density at radius 2 is 2.06 bits per heavy atom. The summed E-state index contributed by atoms with van der Waals surface area (Å²) in [5, 5.41) is 0. The van der Waals surface area contributed by atoms with Crippen LogP contribution >= 0.6 is 15.9 Å². The molecule has 0 unspecified atom stereocenters. The number of carbonyl (C=O) groups excluding carboxylic acids is 2. The summed E-state index contributed by atoms with van der Waals surface area (Å²) >= 11 is 3.36. The second kappa shape index (κ2) is 6.36. The average molecular weight is 301 g/mol. The molecule has 2 N–H and O–H groups in total. The van der Waals surface area contributed by atoms with Gasteiger partial charge in [0.1, 0.15) is 0 Å². The maximum Gasteiger partial charge on any atom is 0.269 e. The van der Waals surface area contributed by atoms with Crippen molar-refractivity contribution in [2.45, 2.75) is 13.5 Å². The van der Waals surface area contributed by atoms with Crippen molar-refractivity contribution in [3.63, 3.8) is 0 Å². The van der Waals surface area contributed by atoms with Gasteiger partial charge in [-0.1, -0.05) is 15.9 Å². The van der Waals surface area contributed by atoms with Gasteiger partial charge in [0.05, 0.1) is 6.61 Å². The highest BCUT2D eigenvalue weighted by Crippen LogP contribution is 2.19. The van der Waals surface area contributed by atoms with Gasteiger partial charge in [0.25, 0.3) is 5.91 Å². The molecule has 0 radical (unpaired) electrons. The number of hydrogen-bond donors (Lipinski definition) is 2. The first kappa shape index (κ1) is 13.7. The molecule has 0 saturated heterocycles. The van der Waals surface area contributed by atoms with Gasteiger partial charge in [-0.3, -0.25) is 20.4 Å². The molecular weight excluding hydrogens is 288 g/mol. The Balaban J connectivity index is 2.80. The Bertz CT molecular complexity index is 435. The van der Waals surface area contributed by atoms with Crippen LogP contribution in [0.3, 0.4) is 0 Å². The van der Waals surface area contributed by atoms with E-state index < -0.39 is 0 Å². The van der Waals surface area contributed by atoms with E-state index in [9.17, 15) is 9.59 Å². The number of rotatable bonds is 3. The second-order valence-corrected chi connectivity index (χ2v) is 4.23. The van der Waals surface area contributed by atoms with Gasteiger partial charge >= 0.3 is 0 Å². The standard InChI is InChI=1S/C11H13BrN2O3/c1-7(15)13-14-11(16)8-3-4-10(12)9(5-8)6-17-2/h3-5H,6H2,1-2H3,(H,13,15)(H,14,16). The van der Waals surface area contributed by atoms with Crippen molar-refractivity contribution in [2.75, 3.05) is 7.11 Å². The van der Waals surface area contributed by atoms with Crippen LogP contribution in [0.2, 0.25) is 0 Å². The fraction of sp³-hybridized carbons (Fsp3) is 0.273. The predicted octanol–water partition coefficient (Wildman–Crippen LogP) is 1.38. The zero-order valence-corrected chi connectivity index (χ0v) is 11.1. The summed E-state index contributed by atoms with van der Waals surface area (Å²) in [6.45, 7) is 1.72. The Hall–Kier alpha value is -1.40. The van der Waals surface area contributed by atoms with Crippen LogP contribution in [0.15, 0.2) is 22.7 Å². The molecule has 1 rings (SSSR count). The van der Waals surface area contributed by atoms with Gasteiger partial charge in [-0.25, -0.2) is 0 Å². The summed E-state index contributed by atoms with van der Waals surface area (Å²) in [7, 11) is 1.58. The summed E-state index contributed by atoms with van der Waals surface area (Å²) < 4.78 is 5.88. The molecule has 0 saturated carbocycles. The third kappa shape index (κ3) is 4.16. The molecule has 0 heterocycles. The fourth-order valence-corrected chi connectivity index (χ4v) is 1.56. The first-order valence-electron chi connectivity index (χ1n) is 4.89. The van der Waals surface area contributed by atoms with Gasteiger partial charge < -0.3 is 4.74 Å². The zero-order valence-electron chi connectivity index (χ0n) is 9.54. The van der Waals surface area contributed by atoms with E-state index in [4.69, 9.17) is 4.74 Å². The second-order valence-electron chi connectivity index (χ2n) is 3.37. The lowest BCUT2D eigenvalue weighted by Crippen LogP contribution is -2.40. The average Bonchev–Trinajstić information content (AvgIpc) is 2.29. The third-order valence-corrected chi connectivity index (χ3v) is 2.73. The summed E-state index contributed by atoms with van der Waals surface area (Å²) in [6.07, 6.45) is 0. The van der Waals surface area contributed by atoms with Crippen molar-refractivity contribution < 1.29 is 14.3 Å². The molecule has 0 atom stereocenters. The lowest BCUT2D eigenvalue weighted by Gasteiger charge is -2.08. The molecule has 2 amide bonds. The molecule has 0 aliphatic heterocycles. The number of hydrazine groups is 1. The quantitative estimate of drug-likeness (QED) is 0.829. The summed E-state index contributed by atoms with van der Waals surface area (Å²) in [5.41, 5.74) is 5.84. The van der Waals surface area contributed by atoms with Crippen LogP contribution in [0.5, 0.6) is 0 Å². The molecule has 0 bridgehead atoms. The summed E-state index contributed by atoms with van der Waals surface area (Å²) in [6, 6.07) is 5.11. The molecule has 0 spiro atoms. The number of halogens is 1. The van der Waals surface area contributed by atoms with Gasteiger partial charge in [0.15, 0.2) is 0 Å². The van der Waals surface area contributed by atoms with E-state index in [-0.39, 0.29) is 11.8 Å². The number of hydrogen-bond acceptors (Lipinski definition) is 3. The molecule has 0 aliphatic rings. The first-order valence-corrected chi connectivity index (χ1v) is 5.68. The van der Waals surface area contributed by atoms with E-state index in [2.05, 4.69) is 26.8 Å². The van der Waals surface area contributed by atoms with Gasteiger partial charge in [0, 0.05) is 24.1 Å². The largest absolute Gasteiger partial charge is 0.380 e. The Labute approximate surface area is 108 Å². The molecule has 0 aromatic heterocycles. The van der Waals surface area contributed by atoms with E-state index in [1.54, 1.807) is 25.3 Å². The van der Waals surface area contributed by atoms with Crippen LogP contribution in [0.25, 0.3) is 0 Å². The number of benzene rings is 1. The summed E-state index contributed by atoms with van der Waals surface area (Å²) in [4.78, 5) is 22.3. The molecule has 0 aliphatic carbocycles. The molecule has 17 heavy (non-hydrogen) atoms. The topological polar surface area (TPSA) is 67.4 Å². The highest BCUT2D eigenvalue weighted by molar-refractivity contribution is 9.10. The monoisotopic (exact) mass is 300 g/mol. The van der Waals surface area contributed by atoms with E-state index in [0.717, 1.165) is 10.0 Å². The molecule has 5 nitrogen and oxygen atoms in total. The predicted molar refractivity (Wildman–Crippen MR) is 66.1 cm³/mol. The summed E-state index contributed by atoms with van der Waals surface area (Å²) in [5.74, 6) is -0.697. The van der Waals surface area contributed by atoms with E-state index in [1.807, 2.05) is 0 Å². The molecule has 0 fully saturated rings. The normalized spacial score (nSPS) is 9.82. The molecule has 1 aromatic rings. The van der Waals surface area contributed by atoms with Gasteiger partial charge in [-0.15, -0.1) is 0 Å². The smallest absolute Gasteiger partial charge is 0.269 e. The zero-order chi connectivity index (χ0) is 12.8. The Morgan fingerprint density at radius 3 is 2.65 bits per heavy atom. The van der Waals surface area contributed by atoms with Gasteiger partial charge in [-0.2, -0.15) is 0 Å². The van der Waals surface area contributed by atoms with Crippen LogP contribution in [0.4, 0.5) is 0 Å². The van der Waals surface area contributed by atoms with Gasteiger partial charge in [-0.05, 0) is 23.8 Å². The fourth-order valence-electron chi connectivity index (χ4n) is 1.20. The van der Waals surface area contributed by atoms with Crippen molar-refractivity contribution in [2.24, 2.45) is 0 Å². The van der Waals surface area contributed by atoms with Crippen molar-refractivity contribution in [3.8, 4) is 0 Å². The third-order valence-electron chi connectivity index (χ3n) is 1.96. The van der Waals surface area contributed by atoms with Gasteiger partial charge in [0.2, 0.25) is 5.91 Å². The maximum atomic E-state index is 11.6. The van der Waals surface area contributed by atoms with E-state index in [0.29, 0.717) is 12.2 Å². The SMILES string of the molecule is COCc1cc(C(=O)NNC(C)=O)ccc1Br. The Kier molecular flexibility index (Phi) is 5.11. The van der Waals surface area contributed by atoms with E-state index in [1.165, 1.54) is 6.92 Å². The van der Waals surface area contributed by atoms with Crippen molar-refractivity contribution in [1.82, 2.24) is 10.9 Å². The number of ether oxygens (including phenoxy) is 1. The highest BCUT2D eigenvalue weighted by atomic mass is 79.9. The molecule has 1 aromatic carbocycles. The van der Waals surface area contributed by atoms with Crippen LogP contribution in [0.1, 0.15) is 22.8 Å². The highest BCUT2D eigenvalue weighted by Gasteiger charge is 2.08. The minimum atomic E-state index is -0.370. The first-order chi connectivity index (χ1) is 8.04. The van der Waals surface area contributed by atoms with Crippen LogP contribution < -0.4 is 10.9 Å². The molecule has 92 valence electrons. The minimum Gasteiger partial charge on any atom is -0.380 e. The number of amides is 2. The van der Waals surface area contributed by atoms with Crippen molar-refractivity contribution >= 4 is 27.7 Å². The van der Waals surface area contributed by atoms with Crippen molar-refractivity contribution in [1.29, 1.82) is 0 Å². The van der Waals surface area contributed by atoms with E-state index >= 15 is 0 Å². The van der Waals surface area contributed by atoms with Crippen LogP contribution in [-0.4, -0.2) is 18.9 Å². The number of nitrogens with one attached hydrogen (secondary N) is 2.